The summed E-state index contributed by atoms with van der Waals surface area (Å²) in [5.74, 6) is -0.231. The molecule has 1 aromatic carbocycles. The van der Waals surface area contributed by atoms with E-state index in [0.717, 1.165) is 17.1 Å². The highest BCUT2D eigenvalue weighted by atomic mass is 79.9. The van der Waals surface area contributed by atoms with Crippen LogP contribution < -0.4 is 5.32 Å². The number of amides is 1. The summed E-state index contributed by atoms with van der Waals surface area (Å²) in [5, 5.41) is 2.83. The molecule has 19 heavy (non-hydrogen) atoms. The van der Waals surface area contributed by atoms with Gasteiger partial charge in [0.1, 0.15) is 0 Å². The molecule has 0 aromatic heterocycles. The van der Waals surface area contributed by atoms with Gasteiger partial charge in [0.2, 0.25) is 10.0 Å². The maximum absolute atomic E-state index is 12.1. The molecule has 7 heteroatoms. The average Bonchev–Trinajstić information content (AvgIpc) is 3.12. The van der Waals surface area contributed by atoms with E-state index in [2.05, 4.69) is 21.2 Å². The first-order chi connectivity index (χ1) is 8.82. The second-order valence-electron chi connectivity index (χ2n) is 4.68. The number of carbonyl (C=O) groups is 1. The van der Waals surface area contributed by atoms with Crippen LogP contribution in [0.5, 0.6) is 0 Å². The minimum Gasteiger partial charge on any atom is -0.349 e. The van der Waals surface area contributed by atoms with Crippen LogP contribution in [0.25, 0.3) is 0 Å². The fourth-order valence-electron chi connectivity index (χ4n) is 1.54. The van der Waals surface area contributed by atoms with Crippen LogP contribution in [0, 0.1) is 0 Å². The highest BCUT2D eigenvalue weighted by Gasteiger charge is 2.26. The molecular weight excluding hydrogens is 332 g/mol. The van der Waals surface area contributed by atoms with Crippen molar-refractivity contribution in [1.82, 2.24) is 9.62 Å². The summed E-state index contributed by atoms with van der Waals surface area (Å²) in [6.07, 6.45) is 1.98. The molecule has 1 fully saturated rings. The zero-order valence-corrected chi connectivity index (χ0v) is 13.1. The van der Waals surface area contributed by atoms with Crippen LogP contribution in [0.15, 0.2) is 27.6 Å². The number of hydrogen-bond acceptors (Lipinski definition) is 3. The third kappa shape index (κ3) is 3.16. The molecule has 1 aliphatic rings. The highest BCUT2D eigenvalue weighted by Crippen LogP contribution is 2.26. The van der Waals surface area contributed by atoms with E-state index >= 15 is 0 Å². The monoisotopic (exact) mass is 346 g/mol. The van der Waals surface area contributed by atoms with Crippen LogP contribution in [-0.2, 0) is 10.0 Å². The lowest BCUT2D eigenvalue weighted by Gasteiger charge is -2.14. The van der Waals surface area contributed by atoms with Crippen LogP contribution in [0.1, 0.15) is 23.2 Å². The number of nitrogens with zero attached hydrogens (tertiary/aromatic N) is 1. The second kappa shape index (κ2) is 5.22. The van der Waals surface area contributed by atoms with Crippen molar-refractivity contribution < 1.29 is 13.2 Å². The normalized spacial score (nSPS) is 15.6. The number of carbonyl (C=O) groups excluding carboxylic acids is 1. The average molecular weight is 347 g/mol. The topological polar surface area (TPSA) is 66.5 Å². The van der Waals surface area contributed by atoms with Gasteiger partial charge in [-0.25, -0.2) is 12.7 Å². The molecule has 0 bridgehead atoms. The van der Waals surface area contributed by atoms with Gasteiger partial charge in [0.15, 0.2) is 0 Å². The van der Waals surface area contributed by atoms with Gasteiger partial charge in [0.05, 0.1) is 4.90 Å². The van der Waals surface area contributed by atoms with Gasteiger partial charge in [0.25, 0.3) is 5.91 Å². The Kier molecular flexibility index (Phi) is 3.98. The van der Waals surface area contributed by atoms with Crippen molar-refractivity contribution in [2.45, 2.75) is 23.8 Å². The van der Waals surface area contributed by atoms with Gasteiger partial charge in [-0.2, -0.15) is 0 Å². The van der Waals surface area contributed by atoms with Crippen molar-refractivity contribution in [2.24, 2.45) is 0 Å². The number of rotatable bonds is 4. The Morgan fingerprint density at radius 2 is 2.00 bits per heavy atom. The van der Waals surface area contributed by atoms with Crippen molar-refractivity contribution in [2.75, 3.05) is 14.1 Å². The quantitative estimate of drug-likeness (QED) is 0.900. The van der Waals surface area contributed by atoms with Crippen LogP contribution in [0.4, 0.5) is 0 Å². The molecule has 2 rings (SSSR count). The third-order valence-corrected chi connectivity index (χ3v) is 5.67. The van der Waals surface area contributed by atoms with Crippen LogP contribution in [-0.4, -0.2) is 38.8 Å². The first-order valence-corrected chi connectivity index (χ1v) is 8.08. The maximum Gasteiger partial charge on any atom is 0.251 e. The smallest absolute Gasteiger partial charge is 0.251 e. The Morgan fingerprint density at radius 1 is 1.37 bits per heavy atom. The van der Waals surface area contributed by atoms with E-state index < -0.39 is 10.0 Å². The number of hydrogen-bond donors (Lipinski definition) is 1. The van der Waals surface area contributed by atoms with Crippen molar-refractivity contribution in [3.05, 3.63) is 28.2 Å². The SMILES string of the molecule is CN(C)S(=O)(=O)c1cc(C(=O)NC2CC2)ccc1Br. The molecule has 0 saturated heterocycles. The predicted molar refractivity (Wildman–Crippen MR) is 75.5 cm³/mol. The van der Waals surface area contributed by atoms with E-state index in [1.165, 1.54) is 20.2 Å². The minimum atomic E-state index is -3.57. The molecule has 0 radical (unpaired) electrons. The Labute approximate surface area is 121 Å². The summed E-state index contributed by atoms with van der Waals surface area (Å²) < 4.78 is 25.8. The Balaban J connectivity index is 2.36. The first kappa shape index (κ1) is 14.5. The van der Waals surface area contributed by atoms with E-state index in [1.54, 1.807) is 12.1 Å². The molecule has 1 N–H and O–H groups in total. The first-order valence-electron chi connectivity index (χ1n) is 5.85. The number of benzene rings is 1. The Hall–Kier alpha value is -0.920. The van der Waals surface area contributed by atoms with Gasteiger partial charge >= 0.3 is 0 Å². The number of nitrogens with one attached hydrogen (secondary N) is 1. The second-order valence-corrected chi connectivity index (χ2v) is 7.65. The van der Waals surface area contributed by atoms with E-state index in [-0.39, 0.29) is 16.8 Å². The van der Waals surface area contributed by atoms with Gasteiger partial charge in [0, 0.05) is 30.2 Å². The van der Waals surface area contributed by atoms with E-state index in [9.17, 15) is 13.2 Å². The van der Waals surface area contributed by atoms with Crippen LogP contribution in [0.2, 0.25) is 0 Å². The zero-order valence-electron chi connectivity index (χ0n) is 10.7. The summed E-state index contributed by atoms with van der Waals surface area (Å²) >= 11 is 3.21. The number of sulfonamides is 1. The summed E-state index contributed by atoms with van der Waals surface area (Å²) in [6.45, 7) is 0. The fraction of sp³-hybridized carbons (Fsp3) is 0.417. The van der Waals surface area contributed by atoms with Crippen molar-refractivity contribution in [1.29, 1.82) is 0 Å². The van der Waals surface area contributed by atoms with E-state index in [0.29, 0.717) is 10.0 Å². The molecular formula is C12H15BrN2O3S. The highest BCUT2D eigenvalue weighted by molar-refractivity contribution is 9.10. The van der Waals surface area contributed by atoms with Crippen LogP contribution >= 0.6 is 15.9 Å². The zero-order chi connectivity index (χ0) is 14.2. The molecule has 1 amide bonds. The fourth-order valence-corrected chi connectivity index (χ4v) is 3.38. The lowest BCUT2D eigenvalue weighted by atomic mass is 10.2. The lowest BCUT2D eigenvalue weighted by Crippen LogP contribution is -2.26. The largest absolute Gasteiger partial charge is 0.349 e. The molecule has 1 aliphatic carbocycles. The van der Waals surface area contributed by atoms with Crippen molar-refractivity contribution >= 4 is 31.9 Å². The lowest BCUT2D eigenvalue weighted by molar-refractivity contribution is 0.0951. The molecule has 1 aromatic rings. The summed E-state index contributed by atoms with van der Waals surface area (Å²) in [5.41, 5.74) is 0.357. The Bertz CT molecular complexity index is 609. The third-order valence-electron chi connectivity index (χ3n) is 2.86. The van der Waals surface area contributed by atoms with E-state index in [1.807, 2.05) is 0 Å². The summed E-state index contributed by atoms with van der Waals surface area (Å²) in [7, 11) is -0.656. The number of halogens is 1. The van der Waals surface area contributed by atoms with Gasteiger partial charge in [-0.1, -0.05) is 0 Å². The molecule has 104 valence electrons. The molecule has 0 aliphatic heterocycles. The molecule has 5 nitrogen and oxygen atoms in total. The standard InChI is InChI=1S/C12H15BrN2O3S/c1-15(2)19(17,18)11-7-8(3-6-10(11)13)12(16)14-9-4-5-9/h3,6-7,9H,4-5H2,1-2H3,(H,14,16). The van der Waals surface area contributed by atoms with Gasteiger partial charge in [-0.15, -0.1) is 0 Å². The van der Waals surface area contributed by atoms with E-state index in [4.69, 9.17) is 0 Å². The minimum absolute atomic E-state index is 0.0981. The summed E-state index contributed by atoms with van der Waals surface area (Å²) in [4.78, 5) is 12.0. The van der Waals surface area contributed by atoms with Crippen molar-refractivity contribution in [3.63, 3.8) is 0 Å². The molecule has 0 spiro atoms. The molecule has 0 unspecified atom stereocenters. The van der Waals surface area contributed by atoms with Crippen LogP contribution in [0.3, 0.4) is 0 Å². The molecule has 0 atom stereocenters. The summed E-state index contributed by atoms with van der Waals surface area (Å²) in [6, 6.07) is 4.83. The van der Waals surface area contributed by atoms with Crippen molar-refractivity contribution in [3.8, 4) is 0 Å². The molecule has 1 saturated carbocycles. The molecule has 0 heterocycles. The predicted octanol–water partition coefficient (Wildman–Crippen LogP) is 1.59. The van der Waals surface area contributed by atoms with Gasteiger partial charge in [-0.05, 0) is 47.0 Å². The Morgan fingerprint density at radius 3 is 2.53 bits per heavy atom. The van der Waals surface area contributed by atoms with Gasteiger partial charge in [-0.3, -0.25) is 4.79 Å². The maximum atomic E-state index is 12.1. The van der Waals surface area contributed by atoms with Gasteiger partial charge < -0.3 is 5.32 Å².